The summed E-state index contributed by atoms with van der Waals surface area (Å²) >= 11 is 0. The van der Waals surface area contributed by atoms with Gasteiger partial charge in [-0.1, -0.05) is 25.0 Å². The molecule has 1 amide bonds. The fourth-order valence-electron chi connectivity index (χ4n) is 4.35. The Balaban J connectivity index is 1.85. The zero-order valence-corrected chi connectivity index (χ0v) is 14.2. The van der Waals surface area contributed by atoms with Gasteiger partial charge in [0.05, 0.1) is 11.3 Å². The topological polar surface area (TPSA) is 101 Å². The molecule has 134 valence electrons. The lowest BCUT2D eigenvalue weighted by molar-refractivity contribution is -0.385. The fourth-order valence-corrected chi connectivity index (χ4v) is 4.35. The van der Waals surface area contributed by atoms with E-state index in [0.29, 0.717) is 17.5 Å². The van der Waals surface area contributed by atoms with E-state index in [1.807, 2.05) is 0 Å². The Kier molecular flexibility index (Phi) is 4.74. The molecule has 0 bridgehead atoms. The van der Waals surface area contributed by atoms with Crippen molar-refractivity contribution in [1.82, 2.24) is 4.90 Å². The minimum Gasteiger partial charge on any atom is -0.480 e. The largest absolute Gasteiger partial charge is 0.480 e. The maximum Gasteiger partial charge on any atom is 0.326 e. The van der Waals surface area contributed by atoms with E-state index in [1.165, 1.54) is 6.07 Å². The Bertz CT molecular complexity index is 717. The Morgan fingerprint density at radius 3 is 2.72 bits per heavy atom. The first-order valence-corrected chi connectivity index (χ1v) is 8.67. The van der Waals surface area contributed by atoms with Gasteiger partial charge < -0.3 is 10.0 Å². The van der Waals surface area contributed by atoms with Gasteiger partial charge in [-0.2, -0.15) is 0 Å². The van der Waals surface area contributed by atoms with Crippen molar-refractivity contribution < 1.29 is 19.6 Å². The molecule has 0 radical (unpaired) electrons. The molecule has 7 heteroatoms. The predicted octanol–water partition coefficient (Wildman–Crippen LogP) is 2.69. The van der Waals surface area contributed by atoms with Gasteiger partial charge in [-0.25, -0.2) is 4.79 Å². The van der Waals surface area contributed by atoms with Crippen LogP contribution in [0.3, 0.4) is 0 Å². The van der Waals surface area contributed by atoms with Crippen molar-refractivity contribution in [1.29, 1.82) is 0 Å². The normalized spacial score (nSPS) is 25.5. The molecule has 1 saturated heterocycles. The molecule has 1 aliphatic carbocycles. The number of hydrogen-bond donors (Lipinski definition) is 1. The third-order valence-electron chi connectivity index (χ3n) is 5.62. The van der Waals surface area contributed by atoms with Crippen LogP contribution in [0.25, 0.3) is 0 Å². The van der Waals surface area contributed by atoms with E-state index in [1.54, 1.807) is 24.0 Å². The van der Waals surface area contributed by atoms with E-state index in [2.05, 4.69) is 0 Å². The van der Waals surface area contributed by atoms with E-state index in [4.69, 9.17) is 0 Å². The van der Waals surface area contributed by atoms with Crippen molar-refractivity contribution in [3.63, 3.8) is 0 Å². The zero-order valence-electron chi connectivity index (χ0n) is 14.2. The Hall–Kier alpha value is -2.44. The number of carboxylic acid groups (broad SMARTS) is 1. The van der Waals surface area contributed by atoms with Gasteiger partial charge in [-0.3, -0.25) is 14.9 Å². The third-order valence-corrected chi connectivity index (χ3v) is 5.62. The molecular formula is C18H22N2O5. The molecule has 1 saturated carbocycles. The van der Waals surface area contributed by atoms with Crippen LogP contribution in [0.4, 0.5) is 5.69 Å². The van der Waals surface area contributed by atoms with Gasteiger partial charge >= 0.3 is 5.97 Å². The number of carboxylic acids is 1. The number of carbonyl (C=O) groups is 2. The first-order valence-electron chi connectivity index (χ1n) is 8.67. The molecule has 3 rings (SSSR count). The number of carbonyl (C=O) groups excluding carboxylic acids is 1. The average Bonchev–Trinajstić information content (AvgIpc) is 2.96. The van der Waals surface area contributed by atoms with Crippen molar-refractivity contribution in [2.45, 2.75) is 57.5 Å². The van der Waals surface area contributed by atoms with Crippen LogP contribution in [-0.4, -0.2) is 38.9 Å². The van der Waals surface area contributed by atoms with Crippen molar-refractivity contribution in [3.05, 3.63) is 39.4 Å². The number of nitro benzene ring substituents is 1. The minimum absolute atomic E-state index is 0.000509. The van der Waals surface area contributed by atoms with Crippen molar-refractivity contribution >= 4 is 17.6 Å². The van der Waals surface area contributed by atoms with Crippen LogP contribution >= 0.6 is 0 Å². The van der Waals surface area contributed by atoms with Crippen LogP contribution in [-0.2, 0) is 16.0 Å². The number of nitrogens with zero attached hydrogens (tertiary/aromatic N) is 2. The number of benzene rings is 1. The molecule has 1 heterocycles. The third kappa shape index (κ3) is 3.23. The van der Waals surface area contributed by atoms with Gasteiger partial charge in [0, 0.05) is 17.7 Å². The van der Waals surface area contributed by atoms with E-state index in [9.17, 15) is 24.8 Å². The van der Waals surface area contributed by atoms with E-state index in [-0.39, 0.29) is 30.0 Å². The van der Waals surface area contributed by atoms with Crippen LogP contribution in [0.15, 0.2) is 18.2 Å². The Morgan fingerprint density at radius 1 is 1.32 bits per heavy atom. The second-order valence-electron chi connectivity index (χ2n) is 7.00. The maximum atomic E-state index is 12.9. The standard InChI is InChI=1S/C18H22N2O5/c1-11-12(6-4-8-14(11)20(24)25)10-17(21)19-15-7-3-2-5-13(15)9-16(19)18(22)23/h4,6,8,13,15-16H,2-3,5,7,9-10H2,1H3,(H,22,23). The summed E-state index contributed by atoms with van der Waals surface area (Å²) < 4.78 is 0. The summed E-state index contributed by atoms with van der Waals surface area (Å²) in [7, 11) is 0. The number of fused-ring (bicyclic) bond motifs is 1. The highest BCUT2D eigenvalue weighted by Gasteiger charge is 2.47. The fraction of sp³-hybridized carbons (Fsp3) is 0.556. The summed E-state index contributed by atoms with van der Waals surface area (Å²) in [5, 5.41) is 20.6. The highest BCUT2D eigenvalue weighted by molar-refractivity contribution is 5.86. The monoisotopic (exact) mass is 346 g/mol. The smallest absolute Gasteiger partial charge is 0.326 e. The lowest BCUT2D eigenvalue weighted by atomic mass is 9.84. The first-order chi connectivity index (χ1) is 11.9. The van der Waals surface area contributed by atoms with Gasteiger partial charge in [0.2, 0.25) is 5.91 Å². The molecule has 2 aliphatic rings. The van der Waals surface area contributed by atoms with E-state index >= 15 is 0 Å². The number of hydrogen-bond acceptors (Lipinski definition) is 4. The molecule has 1 aromatic rings. The summed E-state index contributed by atoms with van der Waals surface area (Å²) in [6, 6.07) is 3.89. The van der Waals surface area contributed by atoms with Crippen LogP contribution < -0.4 is 0 Å². The highest BCUT2D eigenvalue weighted by Crippen LogP contribution is 2.40. The SMILES string of the molecule is Cc1c(CC(=O)N2C(C(=O)O)CC3CCCCC32)cccc1[N+](=O)[O-]. The molecule has 2 fully saturated rings. The average molecular weight is 346 g/mol. The molecule has 1 aromatic carbocycles. The summed E-state index contributed by atoms with van der Waals surface area (Å²) in [5.74, 6) is -0.950. The van der Waals surface area contributed by atoms with Gasteiger partial charge in [-0.15, -0.1) is 0 Å². The quantitative estimate of drug-likeness (QED) is 0.667. The molecule has 3 atom stereocenters. The van der Waals surface area contributed by atoms with Crippen molar-refractivity contribution in [2.24, 2.45) is 5.92 Å². The molecule has 0 spiro atoms. The zero-order chi connectivity index (χ0) is 18.1. The van der Waals surface area contributed by atoms with Gasteiger partial charge in [-0.05, 0) is 37.7 Å². The molecular weight excluding hydrogens is 324 g/mol. The highest BCUT2D eigenvalue weighted by atomic mass is 16.6. The number of rotatable bonds is 4. The van der Waals surface area contributed by atoms with Crippen molar-refractivity contribution in [3.8, 4) is 0 Å². The predicted molar refractivity (Wildman–Crippen MR) is 90.2 cm³/mol. The lowest BCUT2D eigenvalue weighted by Crippen LogP contribution is -2.46. The Morgan fingerprint density at radius 2 is 2.04 bits per heavy atom. The Labute approximate surface area is 145 Å². The summed E-state index contributed by atoms with van der Waals surface area (Å²) in [4.78, 5) is 36.7. The van der Waals surface area contributed by atoms with Gasteiger partial charge in [0.25, 0.3) is 5.69 Å². The van der Waals surface area contributed by atoms with Crippen LogP contribution in [0, 0.1) is 23.0 Å². The molecule has 3 unspecified atom stereocenters. The number of nitro groups is 1. The van der Waals surface area contributed by atoms with Crippen LogP contribution in [0.1, 0.15) is 43.2 Å². The van der Waals surface area contributed by atoms with Gasteiger partial charge in [0.15, 0.2) is 0 Å². The first kappa shape index (κ1) is 17.4. The van der Waals surface area contributed by atoms with Crippen molar-refractivity contribution in [2.75, 3.05) is 0 Å². The maximum absolute atomic E-state index is 12.9. The summed E-state index contributed by atoms with van der Waals surface area (Å²) in [6.07, 6.45) is 4.41. The molecule has 25 heavy (non-hydrogen) atoms. The van der Waals surface area contributed by atoms with E-state index < -0.39 is 16.9 Å². The molecule has 7 nitrogen and oxygen atoms in total. The second-order valence-corrected chi connectivity index (χ2v) is 7.00. The van der Waals surface area contributed by atoms with Gasteiger partial charge in [0.1, 0.15) is 6.04 Å². The number of aliphatic carboxylic acids is 1. The van der Waals surface area contributed by atoms with Crippen LogP contribution in [0.2, 0.25) is 0 Å². The molecule has 1 aliphatic heterocycles. The minimum atomic E-state index is -0.960. The summed E-state index contributed by atoms with van der Waals surface area (Å²) in [5.41, 5.74) is 1.03. The number of likely N-dealkylation sites (tertiary alicyclic amines) is 1. The molecule has 1 N–H and O–H groups in total. The lowest BCUT2D eigenvalue weighted by Gasteiger charge is -2.33. The summed E-state index contributed by atoms with van der Waals surface area (Å²) in [6.45, 7) is 1.63. The molecule has 0 aromatic heterocycles. The van der Waals surface area contributed by atoms with Crippen LogP contribution in [0.5, 0.6) is 0 Å². The second kappa shape index (κ2) is 6.82. The number of amides is 1. The van der Waals surface area contributed by atoms with E-state index in [0.717, 1.165) is 25.7 Å².